The zero-order valence-corrected chi connectivity index (χ0v) is 10.1. The fourth-order valence-corrected chi connectivity index (χ4v) is 2.46. The van der Waals surface area contributed by atoms with Crippen LogP contribution in [0.15, 0.2) is 6.08 Å². The predicted octanol–water partition coefficient (Wildman–Crippen LogP) is 2.35. The molecule has 0 radical (unpaired) electrons. The van der Waals surface area contributed by atoms with Crippen molar-refractivity contribution in [1.29, 1.82) is 5.26 Å². The van der Waals surface area contributed by atoms with Crippen molar-refractivity contribution in [3.63, 3.8) is 0 Å². The number of carbonyl (C=O) groups is 1. The van der Waals surface area contributed by atoms with Gasteiger partial charge in [0.1, 0.15) is 5.00 Å². The summed E-state index contributed by atoms with van der Waals surface area (Å²) in [4.78, 5) is 12.3. The van der Waals surface area contributed by atoms with Crippen molar-refractivity contribution in [3.05, 3.63) is 22.1 Å². The summed E-state index contributed by atoms with van der Waals surface area (Å²) in [7, 11) is 1.32. The number of esters is 1. The molecule has 0 aliphatic carbocycles. The molecule has 0 fully saturated rings. The molecule has 0 saturated heterocycles. The number of allylic oxidation sites excluding steroid dienone is 2. The second-order valence-electron chi connectivity index (χ2n) is 3.24. The van der Waals surface area contributed by atoms with Crippen LogP contribution in [0, 0.1) is 18.3 Å². The zero-order chi connectivity index (χ0) is 12.3. The lowest BCUT2D eigenvalue weighted by Gasteiger charge is -2.00. The number of rotatable bonds is 2. The second-order valence-corrected chi connectivity index (χ2v) is 4.30. The van der Waals surface area contributed by atoms with Crippen LogP contribution >= 0.6 is 11.3 Å². The molecule has 84 valence electrons. The number of hydrogen-bond acceptors (Lipinski definition) is 5. The Morgan fingerprint density at radius 1 is 1.62 bits per heavy atom. The van der Waals surface area contributed by atoms with E-state index in [0.717, 1.165) is 16.0 Å². The van der Waals surface area contributed by atoms with Crippen molar-refractivity contribution in [1.82, 2.24) is 0 Å². The molecule has 1 rings (SSSR count). The molecule has 0 aliphatic heterocycles. The van der Waals surface area contributed by atoms with Crippen molar-refractivity contribution in [2.24, 2.45) is 0 Å². The molecule has 5 heteroatoms. The van der Waals surface area contributed by atoms with E-state index in [1.165, 1.54) is 24.5 Å². The molecule has 0 unspecified atom stereocenters. The van der Waals surface area contributed by atoms with Gasteiger partial charge in [-0.2, -0.15) is 5.26 Å². The summed E-state index contributed by atoms with van der Waals surface area (Å²) in [5.41, 5.74) is 7.72. The molecule has 0 saturated carbocycles. The summed E-state index contributed by atoms with van der Waals surface area (Å²) >= 11 is 1.29. The lowest BCUT2D eigenvalue weighted by molar-refractivity contribution is 0.0601. The third-order valence-corrected chi connectivity index (χ3v) is 3.46. The molecule has 0 spiro atoms. The molecule has 0 amide bonds. The van der Waals surface area contributed by atoms with Crippen LogP contribution < -0.4 is 5.73 Å². The number of hydrogen-bond donors (Lipinski definition) is 1. The van der Waals surface area contributed by atoms with Crippen LogP contribution in [-0.2, 0) is 4.74 Å². The smallest absolute Gasteiger partial charge is 0.341 e. The lowest BCUT2D eigenvalue weighted by atomic mass is 10.1. The number of nitrogens with two attached hydrogens (primary N) is 1. The summed E-state index contributed by atoms with van der Waals surface area (Å²) in [5.74, 6) is -0.442. The van der Waals surface area contributed by atoms with Gasteiger partial charge in [0.2, 0.25) is 0 Å². The SMILES string of the molecule is COC(=O)c1c(N)sc(/C(C)=C\C#N)c1C. The van der Waals surface area contributed by atoms with Crippen molar-refractivity contribution < 1.29 is 9.53 Å². The van der Waals surface area contributed by atoms with Crippen LogP contribution in [0.3, 0.4) is 0 Å². The van der Waals surface area contributed by atoms with Gasteiger partial charge in [0.15, 0.2) is 0 Å². The van der Waals surface area contributed by atoms with E-state index in [2.05, 4.69) is 4.74 Å². The van der Waals surface area contributed by atoms with Crippen molar-refractivity contribution in [2.45, 2.75) is 13.8 Å². The Morgan fingerprint density at radius 2 is 2.25 bits per heavy atom. The average molecular weight is 236 g/mol. The number of anilines is 1. The normalized spacial score (nSPS) is 11.0. The minimum Gasteiger partial charge on any atom is -0.465 e. The van der Waals surface area contributed by atoms with Crippen LogP contribution in [0.4, 0.5) is 5.00 Å². The highest BCUT2D eigenvalue weighted by molar-refractivity contribution is 7.17. The Labute approximate surface area is 97.9 Å². The van der Waals surface area contributed by atoms with Gasteiger partial charge in [0, 0.05) is 11.0 Å². The highest BCUT2D eigenvalue weighted by Crippen LogP contribution is 2.35. The molecule has 1 aromatic rings. The third kappa shape index (κ3) is 2.07. The maximum atomic E-state index is 11.5. The number of carbonyl (C=O) groups excluding carboxylic acids is 1. The first-order valence-corrected chi connectivity index (χ1v) is 5.38. The van der Waals surface area contributed by atoms with Gasteiger partial charge >= 0.3 is 5.97 Å². The molecule has 0 aromatic carbocycles. The molecule has 1 heterocycles. The first-order chi connectivity index (χ1) is 7.52. The Kier molecular flexibility index (Phi) is 3.69. The van der Waals surface area contributed by atoms with Gasteiger partial charge in [0.05, 0.1) is 18.7 Å². The zero-order valence-electron chi connectivity index (χ0n) is 9.33. The average Bonchev–Trinajstić information content (AvgIpc) is 2.54. The maximum Gasteiger partial charge on any atom is 0.341 e. The fraction of sp³-hybridized carbons (Fsp3) is 0.273. The molecule has 1 aromatic heterocycles. The van der Waals surface area contributed by atoms with Gasteiger partial charge in [-0.3, -0.25) is 0 Å². The molecule has 0 bridgehead atoms. The molecule has 2 N–H and O–H groups in total. The van der Waals surface area contributed by atoms with Crippen molar-refractivity contribution in [3.8, 4) is 6.07 Å². The van der Waals surface area contributed by atoms with E-state index < -0.39 is 5.97 Å². The van der Waals surface area contributed by atoms with E-state index in [1.54, 1.807) is 6.92 Å². The topological polar surface area (TPSA) is 76.1 Å². The minimum atomic E-state index is -0.442. The van der Waals surface area contributed by atoms with Crippen LogP contribution in [-0.4, -0.2) is 13.1 Å². The summed E-state index contributed by atoms with van der Waals surface area (Å²) in [6.07, 6.45) is 1.43. The lowest BCUT2D eigenvalue weighted by Crippen LogP contribution is -2.04. The van der Waals surface area contributed by atoms with Crippen LogP contribution in [0.2, 0.25) is 0 Å². The Bertz CT molecular complexity index is 495. The quantitative estimate of drug-likeness (QED) is 0.631. The van der Waals surface area contributed by atoms with Crippen LogP contribution in [0.25, 0.3) is 5.57 Å². The van der Waals surface area contributed by atoms with E-state index in [-0.39, 0.29) is 0 Å². The van der Waals surface area contributed by atoms with E-state index in [1.807, 2.05) is 13.0 Å². The van der Waals surface area contributed by atoms with Gasteiger partial charge in [0.25, 0.3) is 0 Å². The number of thiophene rings is 1. The van der Waals surface area contributed by atoms with Gasteiger partial charge in [-0.05, 0) is 25.0 Å². The molecule has 0 atom stereocenters. The van der Waals surface area contributed by atoms with Crippen molar-refractivity contribution in [2.75, 3.05) is 12.8 Å². The Hall–Kier alpha value is -1.80. The summed E-state index contributed by atoms with van der Waals surface area (Å²) in [6, 6.07) is 1.95. The van der Waals surface area contributed by atoms with Crippen molar-refractivity contribution >= 4 is 27.9 Å². The van der Waals surface area contributed by atoms with E-state index in [0.29, 0.717) is 10.6 Å². The molecule has 0 aliphatic rings. The number of nitrogen functional groups attached to an aromatic ring is 1. The van der Waals surface area contributed by atoms with Crippen LogP contribution in [0.1, 0.15) is 27.7 Å². The molecule has 16 heavy (non-hydrogen) atoms. The first kappa shape index (κ1) is 12.3. The summed E-state index contributed by atoms with van der Waals surface area (Å²) in [5, 5.41) is 9.00. The van der Waals surface area contributed by atoms with Gasteiger partial charge in [-0.1, -0.05) is 0 Å². The Morgan fingerprint density at radius 3 is 2.75 bits per heavy atom. The van der Waals surface area contributed by atoms with Crippen LogP contribution in [0.5, 0.6) is 0 Å². The highest BCUT2D eigenvalue weighted by Gasteiger charge is 2.20. The standard InChI is InChI=1S/C11H12N2O2S/c1-6(4-5-12)9-7(2)8(10(13)16-9)11(14)15-3/h4H,13H2,1-3H3/b6-4-. The van der Waals surface area contributed by atoms with Gasteiger partial charge in [-0.25, -0.2) is 4.79 Å². The summed E-state index contributed by atoms with van der Waals surface area (Å²) < 4.78 is 4.65. The fourth-order valence-electron chi connectivity index (χ4n) is 1.43. The molecular formula is C11H12N2O2S. The number of ether oxygens (including phenoxy) is 1. The monoisotopic (exact) mass is 236 g/mol. The third-order valence-electron chi connectivity index (χ3n) is 2.20. The van der Waals surface area contributed by atoms with Gasteiger partial charge in [-0.15, -0.1) is 11.3 Å². The molecular weight excluding hydrogens is 224 g/mol. The van der Waals surface area contributed by atoms with E-state index >= 15 is 0 Å². The predicted molar refractivity (Wildman–Crippen MR) is 64.1 cm³/mol. The van der Waals surface area contributed by atoms with Gasteiger partial charge < -0.3 is 10.5 Å². The summed E-state index contributed by atoms with van der Waals surface area (Å²) in [6.45, 7) is 3.60. The first-order valence-electron chi connectivity index (χ1n) is 4.56. The second kappa shape index (κ2) is 4.81. The molecule has 4 nitrogen and oxygen atoms in total. The minimum absolute atomic E-state index is 0.396. The number of methoxy groups -OCH3 is 1. The number of nitriles is 1. The largest absolute Gasteiger partial charge is 0.465 e. The van der Waals surface area contributed by atoms with E-state index in [4.69, 9.17) is 11.0 Å². The maximum absolute atomic E-state index is 11.5. The Balaban J connectivity index is 3.33. The number of nitrogens with zero attached hydrogens (tertiary/aromatic N) is 1. The van der Waals surface area contributed by atoms with E-state index in [9.17, 15) is 4.79 Å². The highest BCUT2D eigenvalue weighted by atomic mass is 32.1.